The van der Waals surface area contributed by atoms with Gasteiger partial charge in [0.2, 0.25) is 5.91 Å². The Kier molecular flexibility index (Phi) is 3.86. The smallest absolute Gasteiger partial charge is 0.278 e. The minimum absolute atomic E-state index is 0.0262. The van der Waals surface area contributed by atoms with Gasteiger partial charge in [0.25, 0.3) is 5.56 Å². The van der Waals surface area contributed by atoms with Crippen LogP contribution in [0.1, 0.15) is 19.3 Å². The number of hydrogen-bond acceptors (Lipinski definition) is 4. The van der Waals surface area contributed by atoms with Crippen molar-refractivity contribution in [1.29, 1.82) is 0 Å². The maximum absolute atomic E-state index is 12.0. The molecule has 0 radical (unpaired) electrons. The number of nitrogens with zero attached hydrogens (tertiary/aromatic N) is 3. The van der Waals surface area contributed by atoms with Crippen LogP contribution in [0.15, 0.2) is 11.1 Å². The zero-order valence-corrected chi connectivity index (χ0v) is 10.7. The van der Waals surface area contributed by atoms with Crippen LogP contribution in [-0.2, 0) is 11.3 Å². The van der Waals surface area contributed by atoms with Crippen LogP contribution in [0.4, 0.5) is 5.69 Å². The van der Waals surface area contributed by atoms with Crippen molar-refractivity contribution in [1.82, 2.24) is 14.5 Å². The van der Waals surface area contributed by atoms with E-state index < -0.39 is 5.56 Å². The monoisotopic (exact) mass is 270 g/mol. The average molecular weight is 271 g/mol. The molecule has 1 fully saturated rings. The van der Waals surface area contributed by atoms with Gasteiger partial charge in [-0.05, 0) is 19.3 Å². The van der Waals surface area contributed by atoms with Gasteiger partial charge in [0.1, 0.15) is 12.2 Å². The lowest BCUT2D eigenvalue weighted by Crippen LogP contribution is -2.39. The number of halogens is 1. The van der Waals surface area contributed by atoms with Gasteiger partial charge >= 0.3 is 0 Å². The molecule has 18 heavy (non-hydrogen) atoms. The minimum atomic E-state index is -0.472. The highest BCUT2D eigenvalue weighted by atomic mass is 35.5. The first-order valence-corrected chi connectivity index (χ1v) is 6.25. The lowest BCUT2D eigenvalue weighted by molar-refractivity contribution is -0.132. The number of likely N-dealkylation sites (tertiary alicyclic amines) is 1. The van der Waals surface area contributed by atoms with Crippen molar-refractivity contribution in [2.24, 2.45) is 0 Å². The Labute approximate surface area is 109 Å². The summed E-state index contributed by atoms with van der Waals surface area (Å²) in [6.07, 6.45) is 4.44. The van der Waals surface area contributed by atoms with E-state index in [-0.39, 0.29) is 23.3 Å². The molecule has 0 unspecified atom stereocenters. The predicted octanol–water partition coefficient (Wildman–Crippen LogP) is 0.491. The number of piperidine rings is 1. The third-order valence-electron chi connectivity index (χ3n) is 3.04. The van der Waals surface area contributed by atoms with Crippen LogP contribution in [0.25, 0.3) is 0 Å². The number of rotatable bonds is 2. The number of amides is 1. The van der Waals surface area contributed by atoms with Crippen molar-refractivity contribution in [3.05, 3.63) is 21.8 Å². The molecule has 1 aromatic rings. The van der Waals surface area contributed by atoms with Crippen molar-refractivity contribution in [2.45, 2.75) is 25.8 Å². The van der Waals surface area contributed by atoms with Crippen LogP contribution in [0, 0.1) is 0 Å². The van der Waals surface area contributed by atoms with Crippen LogP contribution in [0.5, 0.6) is 0 Å². The summed E-state index contributed by atoms with van der Waals surface area (Å²) in [5, 5.41) is -0.0262. The zero-order chi connectivity index (χ0) is 13.1. The molecular formula is C11H15ClN4O2. The third kappa shape index (κ3) is 2.64. The van der Waals surface area contributed by atoms with E-state index in [9.17, 15) is 9.59 Å². The molecule has 1 aliphatic rings. The fraction of sp³-hybridized carbons (Fsp3) is 0.545. The number of hydrogen-bond donors (Lipinski definition) is 1. The van der Waals surface area contributed by atoms with E-state index in [0.717, 1.165) is 32.4 Å². The first kappa shape index (κ1) is 12.9. The average Bonchev–Trinajstić information content (AvgIpc) is 2.40. The topological polar surface area (TPSA) is 81.2 Å². The molecule has 1 aliphatic heterocycles. The second-order valence-electron chi connectivity index (χ2n) is 4.32. The van der Waals surface area contributed by atoms with E-state index in [2.05, 4.69) is 4.98 Å². The van der Waals surface area contributed by atoms with Crippen LogP contribution in [-0.4, -0.2) is 33.4 Å². The normalized spacial score (nSPS) is 15.7. The fourth-order valence-corrected chi connectivity index (χ4v) is 2.11. The minimum Gasteiger partial charge on any atom is -0.392 e. The summed E-state index contributed by atoms with van der Waals surface area (Å²) < 4.78 is 1.19. The summed E-state index contributed by atoms with van der Waals surface area (Å²) in [7, 11) is 0. The highest BCUT2D eigenvalue weighted by Gasteiger charge is 2.18. The second-order valence-corrected chi connectivity index (χ2v) is 4.68. The van der Waals surface area contributed by atoms with Crippen LogP contribution < -0.4 is 11.3 Å². The van der Waals surface area contributed by atoms with Gasteiger partial charge in [-0.3, -0.25) is 14.2 Å². The molecule has 6 nitrogen and oxygen atoms in total. The molecule has 0 atom stereocenters. The van der Waals surface area contributed by atoms with E-state index >= 15 is 0 Å². The Balaban J connectivity index is 2.12. The maximum Gasteiger partial charge on any atom is 0.278 e. The number of nitrogens with two attached hydrogens (primary N) is 1. The quantitative estimate of drug-likeness (QED) is 0.793. The molecule has 0 aromatic carbocycles. The van der Waals surface area contributed by atoms with E-state index in [1.54, 1.807) is 4.90 Å². The molecule has 2 heterocycles. The summed E-state index contributed by atoms with van der Waals surface area (Å²) in [5.41, 5.74) is 4.89. The van der Waals surface area contributed by atoms with E-state index in [0.29, 0.717) is 0 Å². The molecule has 1 amide bonds. The number of nitrogen functional groups attached to an aromatic ring is 1. The van der Waals surface area contributed by atoms with Crippen molar-refractivity contribution in [3.8, 4) is 0 Å². The molecule has 1 saturated heterocycles. The summed E-state index contributed by atoms with van der Waals surface area (Å²) in [5.74, 6) is -0.0830. The Morgan fingerprint density at radius 3 is 2.72 bits per heavy atom. The molecule has 2 N–H and O–H groups in total. The molecule has 98 valence electrons. The van der Waals surface area contributed by atoms with E-state index in [4.69, 9.17) is 17.3 Å². The molecular weight excluding hydrogens is 256 g/mol. The van der Waals surface area contributed by atoms with Crippen molar-refractivity contribution >= 4 is 23.2 Å². The molecule has 1 aromatic heterocycles. The lowest BCUT2D eigenvalue weighted by atomic mass is 10.1. The zero-order valence-electron chi connectivity index (χ0n) is 9.93. The molecule has 0 aliphatic carbocycles. The summed E-state index contributed by atoms with van der Waals surface area (Å²) >= 11 is 5.63. The lowest BCUT2D eigenvalue weighted by Gasteiger charge is -2.26. The number of carbonyl (C=O) groups is 1. The highest BCUT2D eigenvalue weighted by molar-refractivity contribution is 6.31. The van der Waals surface area contributed by atoms with E-state index in [1.165, 1.54) is 10.9 Å². The van der Waals surface area contributed by atoms with Crippen LogP contribution in [0.3, 0.4) is 0 Å². The number of aromatic nitrogens is 2. The van der Waals surface area contributed by atoms with Gasteiger partial charge in [-0.2, -0.15) is 0 Å². The fourth-order valence-electron chi connectivity index (χ4n) is 1.99. The van der Waals surface area contributed by atoms with Crippen LogP contribution in [0.2, 0.25) is 5.15 Å². The van der Waals surface area contributed by atoms with Crippen molar-refractivity contribution in [3.63, 3.8) is 0 Å². The standard InChI is InChI=1S/C11H15ClN4O2/c12-10-9(13)11(18)16(7-14-10)6-8(17)15-4-2-1-3-5-15/h7H,1-6,13H2. The highest BCUT2D eigenvalue weighted by Crippen LogP contribution is 2.10. The largest absolute Gasteiger partial charge is 0.392 e. The molecule has 0 saturated carbocycles. The van der Waals surface area contributed by atoms with Crippen LogP contribution >= 0.6 is 11.6 Å². The first-order chi connectivity index (χ1) is 8.59. The summed E-state index contributed by atoms with van der Waals surface area (Å²) in [6, 6.07) is 0. The van der Waals surface area contributed by atoms with Gasteiger partial charge in [0, 0.05) is 13.1 Å². The Morgan fingerprint density at radius 1 is 1.39 bits per heavy atom. The number of anilines is 1. The molecule has 0 spiro atoms. The van der Waals surface area contributed by atoms with Gasteiger partial charge in [0.15, 0.2) is 5.15 Å². The summed E-state index contributed by atoms with van der Waals surface area (Å²) in [6.45, 7) is 1.47. The molecule has 7 heteroatoms. The van der Waals surface area contributed by atoms with Gasteiger partial charge in [-0.15, -0.1) is 0 Å². The third-order valence-corrected chi connectivity index (χ3v) is 3.34. The van der Waals surface area contributed by atoms with Gasteiger partial charge in [-0.1, -0.05) is 11.6 Å². The molecule has 2 rings (SSSR count). The SMILES string of the molecule is Nc1c(Cl)ncn(CC(=O)N2CCCCC2)c1=O. The Morgan fingerprint density at radius 2 is 2.06 bits per heavy atom. The Bertz CT molecular complexity index is 508. The first-order valence-electron chi connectivity index (χ1n) is 5.88. The maximum atomic E-state index is 12.0. The molecule has 0 bridgehead atoms. The second kappa shape index (κ2) is 5.39. The Hall–Kier alpha value is -1.56. The summed E-state index contributed by atoms with van der Waals surface area (Å²) in [4.78, 5) is 29.3. The van der Waals surface area contributed by atoms with Gasteiger partial charge in [0.05, 0.1) is 6.33 Å². The number of carbonyl (C=O) groups excluding carboxylic acids is 1. The van der Waals surface area contributed by atoms with Crippen molar-refractivity contribution in [2.75, 3.05) is 18.8 Å². The van der Waals surface area contributed by atoms with Crippen molar-refractivity contribution < 1.29 is 4.79 Å². The van der Waals surface area contributed by atoms with Gasteiger partial charge in [-0.25, -0.2) is 4.98 Å². The van der Waals surface area contributed by atoms with Gasteiger partial charge < -0.3 is 10.6 Å². The predicted molar refractivity (Wildman–Crippen MR) is 68.4 cm³/mol. The van der Waals surface area contributed by atoms with E-state index in [1.807, 2.05) is 0 Å².